The van der Waals surface area contributed by atoms with E-state index in [2.05, 4.69) is 5.32 Å². The number of nitriles is 1. The van der Waals surface area contributed by atoms with Crippen LogP contribution in [0.4, 0.5) is 0 Å². The predicted molar refractivity (Wildman–Crippen MR) is 72.7 cm³/mol. The van der Waals surface area contributed by atoms with Gasteiger partial charge in [-0.25, -0.2) is 8.42 Å². The van der Waals surface area contributed by atoms with Gasteiger partial charge in [0.15, 0.2) is 9.84 Å². The topological polar surface area (TPSA) is 96.3 Å². The molecular formula is C13H16N2O4S. The largest absolute Gasteiger partial charge is 0.465 e. The van der Waals surface area contributed by atoms with Gasteiger partial charge < -0.3 is 10.1 Å². The summed E-state index contributed by atoms with van der Waals surface area (Å²) in [6, 6.07) is 7.64. The van der Waals surface area contributed by atoms with E-state index < -0.39 is 15.8 Å². The van der Waals surface area contributed by atoms with Gasteiger partial charge in [-0.3, -0.25) is 4.79 Å². The van der Waals surface area contributed by atoms with E-state index in [-0.39, 0.29) is 23.7 Å². The lowest BCUT2D eigenvalue weighted by Crippen LogP contribution is -2.29. The summed E-state index contributed by atoms with van der Waals surface area (Å²) in [5.74, 6) is -0.540. The molecule has 0 unspecified atom stereocenters. The van der Waals surface area contributed by atoms with Gasteiger partial charge in [0.2, 0.25) is 0 Å². The van der Waals surface area contributed by atoms with Crippen LogP contribution in [0.2, 0.25) is 0 Å². The fourth-order valence-corrected chi connectivity index (χ4v) is 2.66. The second-order valence-electron chi connectivity index (χ2n) is 3.94. The molecule has 0 fully saturated rings. The molecule has 0 aliphatic heterocycles. The van der Waals surface area contributed by atoms with Gasteiger partial charge in [0, 0.05) is 6.54 Å². The molecule has 0 atom stereocenters. The van der Waals surface area contributed by atoms with E-state index in [9.17, 15) is 13.2 Å². The number of hydrogen-bond acceptors (Lipinski definition) is 6. The van der Waals surface area contributed by atoms with Crippen molar-refractivity contribution in [3.63, 3.8) is 0 Å². The highest BCUT2D eigenvalue weighted by atomic mass is 32.2. The first-order valence-corrected chi connectivity index (χ1v) is 7.74. The van der Waals surface area contributed by atoms with Crippen LogP contribution in [-0.4, -0.2) is 39.8 Å². The molecule has 108 valence electrons. The SMILES string of the molecule is CCOC(=O)CNCCS(=O)(=O)c1ccc(C#N)cc1. The maximum absolute atomic E-state index is 12.0. The highest BCUT2D eigenvalue weighted by Gasteiger charge is 2.14. The molecule has 7 heteroatoms. The average molecular weight is 296 g/mol. The van der Waals surface area contributed by atoms with Crippen LogP contribution in [0, 0.1) is 11.3 Å². The summed E-state index contributed by atoms with van der Waals surface area (Å²) in [6.45, 7) is 2.13. The number of esters is 1. The molecule has 0 saturated carbocycles. The summed E-state index contributed by atoms with van der Waals surface area (Å²) in [4.78, 5) is 11.2. The second-order valence-corrected chi connectivity index (χ2v) is 6.05. The Kier molecular flexibility index (Phi) is 6.15. The molecule has 0 spiro atoms. The number of nitrogens with zero attached hydrogens (tertiary/aromatic N) is 1. The maximum atomic E-state index is 12.0. The summed E-state index contributed by atoms with van der Waals surface area (Å²) in [7, 11) is -3.42. The quantitative estimate of drug-likeness (QED) is 0.581. The minimum Gasteiger partial charge on any atom is -0.465 e. The van der Waals surface area contributed by atoms with Crippen LogP contribution < -0.4 is 5.32 Å². The Morgan fingerprint density at radius 2 is 2.00 bits per heavy atom. The van der Waals surface area contributed by atoms with Crippen LogP contribution in [0.1, 0.15) is 12.5 Å². The van der Waals surface area contributed by atoms with E-state index in [1.54, 1.807) is 6.92 Å². The molecule has 0 bridgehead atoms. The van der Waals surface area contributed by atoms with E-state index in [1.807, 2.05) is 6.07 Å². The van der Waals surface area contributed by atoms with Crippen molar-refractivity contribution in [2.24, 2.45) is 0 Å². The molecule has 0 radical (unpaired) electrons. The Morgan fingerprint density at radius 3 is 2.55 bits per heavy atom. The average Bonchev–Trinajstić information content (AvgIpc) is 2.44. The van der Waals surface area contributed by atoms with Crippen molar-refractivity contribution in [2.75, 3.05) is 25.4 Å². The van der Waals surface area contributed by atoms with Crippen molar-refractivity contribution in [1.82, 2.24) is 5.32 Å². The van der Waals surface area contributed by atoms with E-state index in [4.69, 9.17) is 10.00 Å². The number of carbonyl (C=O) groups excluding carboxylic acids is 1. The molecule has 6 nitrogen and oxygen atoms in total. The third-order valence-corrected chi connectivity index (χ3v) is 4.20. The van der Waals surface area contributed by atoms with Crippen molar-refractivity contribution in [3.8, 4) is 6.07 Å². The van der Waals surface area contributed by atoms with Crippen LogP contribution in [0.15, 0.2) is 29.2 Å². The fourth-order valence-electron chi connectivity index (χ4n) is 1.46. The van der Waals surface area contributed by atoms with Gasteiger partial charge in [0.1, 0.15) is 0 Å². The van der Waals surface area contributed by atoms with Gasteiger partial charge in [-0.1, -0.05) is 0 Å². The molecule has 20 heavy (non-hydrogen) atoms. The Balaban J connectivity index is 2.49. The normalized spacial score (nSPS) is 10.8. The third kappa shape index (κ3) is 4.99. The molecule has 0 aliphatic carbocycles. The molecule has 1 aromatic rings. The van der Waals surface area contributed by atoms with Crippen LogP contribution >= 0.6 is 0 Å². The Hall–Kier alpha value is -1.91. The zero-order chi connectivity index (χ0) is 15.0. The van der Waals surface area contributed by atoms with Crippen LogP contribution in [0.3, 0.4) is 0 Å². The summed E-state index contributed by atoms with van der Waals surface area (Å²) in [6.07, 6.45) is 0. The van der Waals surface area contributed by atoms with Gasteiger partial charge >= 0.3 is 5.97 Å². The molecule has 1 aromatic carbocycles. The molecule has 1 rings (SSSR count). The van der Waals surface area contributed by atoms with Gasteiger partial charge in [0.25, 0.3) is 0 Å². The molecule has 0 aromatic heterocycles. The lowest BCUT2D eigenvalue weighted by molar-refractivity contribution is -0.141. The van der Waals surface area contributed by atoms with Crippen LogP contribution in [0.25, 0.3) is 0 Å². The highest BCUT2D eigenvalue weighted by Crippen LogP contribution is 2.11. The lowest BCUT2D eigenvalue weighted by atomic mass is 10.2. The van der Waals surface area contributed by atoms with E-state index in [1.165, 1.54) is 24.3 Å². The monoisotopic (exact) mass is 296 g/mol. The van der Waals surface area contributed by atoms with E-state index in [0.717, 1.165) is 0 Å². The number of carbonyl (C=O) groups is 1. The predicted octanol–water partition coefficient (Wildman–Crippen LogP) is 0.485. The highest BCUT2D eigenvalue weighted by molar-refractivity contribution is 7.91. The Labute approximate surface area is 118 Å². The van der Waals surface area contributed by atoms with Gasteiger partial charge in [0.05, 0.1) is 35.4 Å². The first-order chi connectivity index (χ1) is 9.49. The molecular weight excluding hydrogens is 280 g/mol. The smallest absolute Gasteiger partial charge is 0.319 e. The number of benzene rings is 1. The third-order valence-electron chi connectivity index (χ3n) is 2.46. The van der Waals surface area contributed by atoms with E-state index >= 15 is 0 Å². The first kappa shape index (κ1) is 16.1. The van der Waals surface area contributed by atoms with E-state index in [0.29, 0.717) is 12.2 Å². The zero-order valence-corrected chi connectivity index (χ0v) is 11.9. The van der Waals surface area contributed by atoms with Crippen molar-refractivity contribution >= 4 is 15.8 Å². The Bertz CT molecular complexity index is 588. The van der Waals surface area contributed by atoms with Crippen molar-refractivity contribution in [2.45, 2.75) is 11.8 Å². The summed E-state index contributed by atoms with van der Waals surface area (Å²) in [5, 5.41) is 11.4. The molecule has 0 saturated heterocycles. The molecule has 0 amide bonds. The first-order valence-electron chi connectivity index (χ1n) is 6.09. The summed E-state index contributed by atoms with van der Waals surface area (Å²) >= 11 is 0. The van der Waals surface area contributed by atoms with Crippen molar-refractivity contribution < 1.29 is 17.9 Å². The van der Waals surface area contributed by atoms with Crippen LogP contribution in [-0.2, 0) is 19.4 Å². The van der Waals surface area contributed by atoms with Crippen molar-refractivity contribution in [1.29, 1.82) is 5.26 Å². The molecule has 0 heterocycles. The lowest BCUT2D eigenvalue weighted by Gasteiger charge is -2.06. The number of nitrogens with one attached hydrogen (secondary N) is 1. The number of sulfone groups is 1. The van der Waals surface area contributed by atoms with Crippen LogP contribution in [0.5, 0.6) is 0 Å². The number of hydrogen-bond donors (Lipinski definition) is 1. The standard InChI is InChI=1S/C13H16N2O4S/c1-2-19-13(16)10-15-7-8-20(17,18)12-5-3-11(9-14)4-6-12/h3-6,15H,2,7-8,10H2,1H3. The second kappa shape index (κ2) is 7.62. The van der Waals surface area contributed by atoms with Gasteiger partial charge in [-0.2, -0.15) is 5.26 Å². The maximum Gasteiger partial charge on any atom is 0.319 e. The van der Waals surface area contributed by atoms with Gasteiger partial charge in [-0.15, -0.1) is 0 Å². The molecule has 1 N–H and O–H groups in total. The summed E-state index contributed by atoms with van der Waals surface area (Å²) < 4.78 is 28.6. The number of ether oxygens (including phenoxy) is 1. The number of rotatable bonds is 7. The molecule has 0 aliphatic rings. The van der Waals surface area contributed by atoms with Crippen molar-refractivity contribution in [3.05, 3.63) is 29.8 Å². The minimum absolute atomic E-state index is 0.0171. The Morgan fingerprint density at radius 1 is 1.35 bits per heavy atom. The fraction of sp³-hybridized carbons (Fsp3) is 0.385. The van der Waals surface area contributed by atoms with Gasteiger partial charge in [-0.05, 0) is 31.2 Å². The summed E-state index contributed by atoms with van der Waals surface area (Å²) in [5.41, 5.74) is 0.407. The zero-order valence-electron chi connectivity index (χ0n) is 11.1. The minimum atomic E-state index is -3.42.